The molecule has 0 aliphatic rings. The van der Waals surface area contributed by atoms with E-state index in [0.29, 0.717) is 25.7 Å². The first-order valence-electron chi connectivity index (χ1n) is 6.69. The van der Waals surface area contributed by atoms with Gasteiger partial charge in [-0.15, -0.1) is 0 Å². The van der Waals surface area contributed by atoms with Crippen molar-refractivity contribution in [2.45, 2.75) is 33.4 Å². The highest BCUT2D eigenvalue weighted by atomic mass is 79.9. The fraction of sp³-hybridized carbons (Fsp3) is 0.571. The number of halogens is 1. The van der Waals surface area contributed by atoms with Crippen LogP contribution in [0.5, 0.6) is 0 Å². The Bertz CT molecular complexity index is 452. The fourth-order valence-corrected chi connectivity index (χ4v) is 2.35. The minimum absolute atomic E-state index is 0.0991. The third-order valence-electron chi connectivity index (χ3n) is 3.03. The van der Waals surface area contributed by atoms with Crippen molar-refractivity contribution in [3.63, 3.8) is 0 Å². The van der Waals surface area contributed by atoms with E-state index in [1.807, 2.05) is 13.0 Å². The monoisotopic (exact) mass is 344 g/mol. The van der Waals surface area contributed by atoms with E-state index in [1.165, 1.54) is 6.07 Å². The summed E-state index contributed by atoms with van der Waals surface area (Å²) in [5, 5.41) is 14.2. The van der Waals surface area contributed by atoms with Crippen LogP contribution in [0.2, 0.25) is 0 Å². The lowest BCUT2D eigenvalue weighted by molar-refractivity contribution is -0.385. The normalized spacial score (nSPS) is 12.7. The Morgan fingerprint density at radius 3 is 2.65 bits per heavy atom. The zero-order valence-corrected chi connectivity index (χ0v) is 13.6. The predicted octanol–water partition coefficient (Wildman–Crippen LogP) is 3.51. The van der Waals surface area contributed by atoms with Gasteiger partial charge in [0, 0.05) is 35.8 Å². The van der Waals surface area contributed by atoms with Gasteiger partial charge in [-0.25, -0.2) is 0 Å². The molecule has 1 N–H and O–H groups in total. The quantitative estimate of drug-likeness (QED) is 0.578. The molecular formula is C14H21BrN2O3. The third-order valence-corrected chi connectivity index (χ3v) is 3.49. The summed E-state index contributed by atoms with van der Waals surface area (Å²) in [6.07, 6.45) is 0. The van der Waals surface area contributed by atoms with Gasteiger partial charge in [-0.05, 0) is 24.5 Å². The van der Waals surface area contributed by atoms with Gasteiger partial charge < -0.3 is 10.1 Å². The topological polar surface area (TPSA) is 64.4 Å². The van der Waals surface area contributed by atoms with Crippen LogP contribution in [0.1, 0.15) is 26.3 Å². The summed E-state index contributed by atoms with van der Waals surface area (Å²) < 4.78 is 6.17. The number of non-ortho nitro benzene ring substituents is 1. The Morgan fingerprint density at radius 1 is 1.40 bits per heavy atom. The molecule has 5 nitrogen and oxygen atoms in total. The van der Waals surface area contributed by atoms with Crippen LogP contribution in [0, 0.1) is 16.0 Å². The summed E-state index contributed by atoms with van der Waals surface area (Å²) in [7, 11) is 0. The third kappa shape index (κ3) is 5.56. The molecule has 112 valence electrons. The fourth-order valence-electron chi connectivity index (χ4n) is 1.82. The largest absolute Gasteiger partial charge is 0.380 e. The molecule has 0 spiro atoms. The molecule has 0 aliphatic heterocycles. The Kier molecular flexibility index (Phi) is 7.12. The van der Waals surface area contributed by atoms with Gasteiger partial charge in [0.25, 0.3) is 5.69 Å². The van der Waals surface area contributed by atoms with E-state index >= 15 is 0 Å². The van der Waals surface area contributed by atoms with Gasteiger partial charge in [-0.3, -0.25) is 10.1 Å². The first kappa shape index (κ1) is 17.1. The van der Waals surface area contributed by atoms with Crippen molar-refractivity contribution in [1.82, 2.24) is 5.32 Å². The number of ether oxygens (including phenoxy) is 1. The minimum atomic E-state index is -0.381. The maximum absolute atomic E-state index is 10.8. The van der Waals surface area contributed by atoms with Crippen LogP contribution in [-0.4, -0.2) is 24.2 Å². The molecule has 1 rings (SSSR count). The molecule has 20 heavy (non-hydrogen) atoms. The maximum Gasteiger partial charge on any atom is 0.270 e. The molecule has 0 aromatic heterocycles. The molecule has 0 heterocycles. The molecule has 0 amide bonds. The summed E-state index contributed by atoms with van der Waals surface area (Å²) in [5.41, 5.74) is 0.982. The SMILES string of the molecule is CCOCC(NCc1cc(Br)cc([N+](=O)[O-])c1)C(C)C. The van der Waals surface area contributed by atoms with Crippen LogP contribution in [0.25, 0.3) is 0 Å². The van der Waals surface area contributed by atoms with Crippen LogP contribution in [0.3, 0.4) is 0 Å². The van der Waals surface area contributed by atoms with Gasteiger partial charge in [-0.1, -0.05) is 29.8 Å². The van der Waals surface area contributed by atoms with Gasteiger partial charge in [0.15, 0.2) is 0 Å². The Morgan fingerprint density at radius 2 is 2.10 bits per heavy atom. The van der Waals surface area contributed by atoms with E-state index in [-0.39, 0.29) is 16.7 Å². The number of hydrogen-bond donors (Lipinski definition) is 1. The second-order valence-corrected chi connectivity index (χ2v) is 5.88. The van der Waals surface area contributed by atoms with Gasteiger partial charge >= 0.3 is 0 Å². The molecule has 1 aromatic carbocycles. The number of nitro benzene ring substituents is 1. The molecule has 1 unspecified atom stereocenters. The molecule has 0 aliphatic carbocycles. The summed E-state index contributed by atoms with van der Waals surface area (Å²) in [4.78, 5) is 10.5. The van der Waals surface area contributed by atoms with Gasteiger partial charge in [0.1, 0.15) is 0 Å². The molecule has 0 radical (unpaired) electrons. The predicted molar refractivity (Wildman–Crippen MR) is 82.8 cm³/mol. The van der Waals surface area contributed by atoms with Crippen LogP contribution in [-0.2, 0) is 11.3 Å². The minimum Gasteiger partial charge on any atom is -0.380 e. The number of nitrogens with one attached hydrogen (secondary N) is 1. The summed E-state index contributed by atoms with van der Waals surface area (Å²) in [6.45, 7) is 8.13. The van der Waals surface area contributed by atoms with Gasteiger partial charge in [-0.2, -0.15) is 0 Å². The molecule has 6 heteroatoms. The lowest BCUT2D eigenvalue weighted by Crippen LogP contribution is -2.37. The van der Waals surface area contributed by atoms with Crippen molar-refractivity contribution in [2.75, 3.05) is 13.2 Å². The van der Waals surface area contributed by atoms with Crippen molar-refractivity contribution < 1.29 is 9.66 Å². The van der Waals surface area contributed by atoms with Crippen LogP contribution >= 0.6 is 15.9 Å². The molecule has 0 fully saturated rings. The second-order valence-electron chi connectivity index (χ2n) is 4.97. The van der Waals surface area contributed by atoms with Crippen molar-refractivity contribution in [1.29, 1.82) is 0 Å². The molecule has 1 aromatic rings. The molecular weight excluding hydrogens is 324 g/mol. The average molecular weight is 345 g/mol. The van der Waals surface area contributed by atoms with Crippen LogP contribution in [0.15, 0.2) is 22.7 Å². The zero-order chi connectivity index (χ0) is 15.1. The first-order chi connectivity index (χ1) is 9.43. The first-order valence-corrected chi connectivity index (χ1v) is 7.48. The molecule has 0 saturated carbocycles. The molecule has 0 bridgehead atoms. The van der Waals surface area contributed by atoms with E-state index in [2.05, 4.69) is 35.1 Å². The highest BCUT2D eigenvalue weighted by molar-refractivity contribution is 9.10. The molecule has 1 atom stereocenters. The Balaban J connectivity index is 2.69. The number of rotatable bonds is 8. The van der Waals surface area contributed by atoms with Crippen molar-refractivity contribution in [2.24, 2.45) is 5.92 Å². The summed E-state index contributed by atoms with van der Waals surface area (Å²) in [5.74, 6) is 0.434. The lowest BCUT2D eigenvalue weighted by Gasteiger charge is -2.22. The maximum atomic E-state index is 10.8. The van der Waals surface area contributed by atoms with Crippen molar-refractivity contribution in [3.05, 3.63) is 38.3 Å². The zero-order valence-electron chi connectivity index (χ0n) is 12.1. The van der Waals surface area contributed by atoms with E-state index in [4.69, 9.17) is 4.74 Å². The van der Waals surface area contributed by atoms with Crippen LogP contribution in [0.4, 0.5) is 5.69 Å². The second kappa shape index (κ2) is 8.34. The van der Waals surface area contributed by atoms with E-state index < -0.39 is 0 Å². The standard InChI is InChI=1S/C14H21BrN2O3/c1-4-20-9-14(10(2)3)16-8-11-5-12(15)7-13(6-11)17(18)19/h5-7,10,14,16H,4,8-9H2,1-3H3. The Labute approximate surface area is 128 Å². The van der Waals surface area contributed by atoms with E-state index in [1.54, 1.807) is 6.07 Å². The number of nitro groups is 1. The van der Waals surface area contributed by atoms with Crippen molar-refractivity contribution in [3.8, 4) is 0 Å². The smallest absolute Gasteiger partial charge is 0.270 e. The van der Waals surface area contributed by atoms with Crippen molar-refractivity contribution >= 4 is 21.6 Å². The number of hydrogen-bond acceptors (Lipinski definition) is 4. The Hall–Kier alpha value is -0.980. The lowest BCUT2D eigenvalue weighted by atomic mass is 10.0. The van der Waals surface area contributed by atoms with E-state index in [0.717, 1.165) is 10.0 Å². The number of nitrogens with zero attached hydrogens (tertiary/aromatic N) is 1. The summed E-state index contributed by atoms with van der Waals surface area (Å²) >= 11 is 3.30. The average Bonchev–Trinajstić information content (AvgIpc) is 2.37. The van der Waals surface area contributed by atoms with Crippen LogP contribution < -0.4 is 5.32 Å². The van der Waals surface area contributed by atoms with Gasteiger partial charge in [0.05, 0.1) is 11.5 Å². The number of benzene rings is 1. The molecule has 0 saturated heterocycles. The summed E-state index contributed by atoms with van der Waals surface area (Å²) in [6, 6.07) is 5.21. The van der Waals surface area contributed by atoms with E-state index in [9.17, 15) is 10.1 Å². The highest BCUT2D eigenvalue weighted by Gasteiger charge is 2.14. The highest BCUT2D eigenvalue weighted by Crippen LogP contribution is 2.21. The van der Waals surface area contributed by atoms with Gasteiger partial charge in [0.2, 0.25) is 0 Å².